The molecule has 0 saturated carbocycles. The second kappa shape index (κ2) is 5.60. The number of hydrogen-bond acceptors (Lipinski definition) is 2. The molecule has 112 valence electrons. The van der Waals surface area contributed by atoms with Gasteiger partial charge in [0.15, 0.2) is 0 Å². The average molecular weight is 298 g/mol. The normalized spacial score (nSPS) is 11.0. The third-order valence-electron chi connectivity index (χ3n) is 3.67. The molecule has 0 atom stereocenters. The number of aromatic nitrogens is 2. The first-order valence-electron chi connectivity index (χ1n) is 6.98. The summed E-state index contributed by atoms with van der Waals surface area (Å²) >= 11 is 0. The highest BCUT2D eigenvalue weighted by Crippen LogP contribution is 2.22. The lowest BCUT2D eigenvalue weighted by Gasteiger charge is -2.09. The van der Waals surface area contributed by atoms with Gasteiger partial charge in [-0.3, -0.25) is 4.98 Å². The third-order valence-corrected chi connectivity index (χ3v) is 3.67. The number of benzene rings is 1. The van der Waals surface area contributed by atoms with E-state index in [9.17, 15) is 14.3 Å². The first-order valence-corrected chi connectivity index (χ1v) is 6.98. The van der Waals surface area contributed by atoms with Crippen LogP contribution in [0.25, 0.3) is 10.9 Å². The molecule has 3 rings (SSSR count). The molecule has 4 nitrogen and oxygen atoms in total. The van der Waals surface area contributed by atoms with Gasteiger partial charge in [-0.15, -0.1) is 0 Å². The lowest BCUT2D eigenvalue weighted by molar-refractivity contribution is 0.0685. The molecule has 0 aliphatic carbocycles. The van der Waals surface area contributed by atoms with Crippen molar-refractivity contribution in [1.29, 1.82) is 0 Å². The van der Waals surface area contributed by atoms with Crippen molar-refractivity contribution in [3.8, 4) is 0 Å². The number of carboxylic acids is 1. The molecule has 2 aromatic heterocycles. The van der Waals surface area contributed by atoms with E-state index in [-0.39, 0.29) is 11.5 Å². The molecule has 0 radical (unpaired) electrons. The largest absolute Gasteiger partial charge is 0.477 e. The summed E-state index contributed by atoms with van der Waals surface area (Å²) in [6.07, 6.45) is 2.43. The van der Waals surface area contributed by atoms with Crippen molar-refractivity contribution in [3.63, 3.8) is 0 Å². The zero-order valence-electron chi connectivity index (χ0n) is 12.1. The molecule has 1 N–H and O–H groups in total. The van der Waals surface area contributed by atoms with Gasteiger partial charge in [-0.2, -0.15) is 0 Å². The second-order valence-electron chi connectivity index (χ2n) is 5.24. The summed E-state index contributed by atoms with van der Waals surface area (Å²) in [4.78, 5) is 15.6. The highest BCUT2D eigenvalue weighted by molar-refractivity contribution is 5.94. The predicted molar refractivity (Wildman–Crippen MR) is 81.5 cm³/mol. The van der Waals surface area contributed by atoms with Crippen molar-refractivity contribution in [2.24, 2.45) is 0 Å². The molecule has 0 aliphatic rings. The number of nitrogens with zero attached hydrogens (tertiary/aromatic N) is 2. The number of hydrogen-bond donors (Lipinski definition) is 1. The van der Waals surface area contributed by atoms with Crippen molar-refractivity contribution in [3.05, 3.63) is 65.4 Å². The van der Waals surface area contributed by atoms with Gasteiger partial charge in [0.05, 0.1) is 0 Å². The van der Waals surface area contributed by atoms with Gasteiger partial charge in [0.2, 0.25) is 0 Å². The van der Waals surface area contributed by atoms with Crippen LogP contribution < -0.4 is 0 Å². The summed E-state index contributed by atoms with van der Waals surface area (Å²) in [5, 5.41) is 9.95. The summed E-state index contributed by atoms with van der Waals surface area (Å²) in [6, 6.07) is 9.73. The van der Waals surface area contributed by atoms with Crippen LogP contribution in [0.2, 0.25) is 0 Å². The molecule has 0 aliphatic heterocycles. The van der Waals surface area contributed by atoms with Crippen LogP contribution in [0.15, 0.2) is 42.6 Å². The molecule has 3 aromatic rings. The van der Waals surface area contributed by atoms with Crippen LogP contribution in [0.5, 0.6) is 0 Å². The second-order valence-corrected chi connectivity index (χ2v) is 5.24. The molecule has 0 bridgehead atoms. The SMILES string of the molecule is Cc1cc(CCn2c(C(=O)O)cc3cc(F)ccc32)ccn1. The molecule has 1 aromatic carbocycles. The van der Waals surface area contributed by atoms with Crippen molar-refractivity contribution >= 4 is 16.9 Å². The van der Waals surface area contributed by atoms with Crippen LogP contribution in [0.4, 0.5) is 4.39 Å². The van der Waals surface area contributed by atoms with Crippen molar-refractivity contribution in [2.45, 2.75) is 19.9 Å². The van der Waals surface area contributed by atoms with E-state index in [0.29, 0.717) is 18.4 Å². The number of aromatic carboxylic acids is 1. The van der Waals surface area contributed by atoms with Crippen LogP contribution in [0.1, 0.15) is 21.7 Å². The zero-order chi connectivity index (χ0) is 15.7. The summed E-state index contributed by atoms with van der Waals surface area (Å²) in [7, 11) is 0. The average Bonchev–Trinajstić information content (AvgIpc) is 2.83. The van der Waals surface area contributed by atoms with E-state index in [2.05, 4.69) is 4.98 Å². The Hall–Kier alpha value is -2.69. The quantitative estimate of drug-likeness (QED) is 0.803. The van der Waals surface area contributed by atoms with Gasteiger partial charge < -0.3 is 9.67 Å². The van der Waals surface area contributed by atoms with Crippen LogP contribution in [-0.4, -0.2) is 20.6 Å². The zero-order valence-corrected chi connectivity index (χ0v) is 12.1. The number of carboxylic acid groups (broad SMARTS) is 1. The molecule has 0 amide bonds. The van der Waals surface area contributed by atoms with Crippen molar-refractivity contribution in [2.75, 3.05) is 0 Å². The summed E-state index contributed by atoms with van der Waals surface area (Å²) in [5.74, 6) is -1.38. The lowest BCUT2D eigenvalue weighted by atomic mass is 10.1. The Bertz CT molecular complexity index is 855. The molecular formula is C17H15FN2O2. The maximum atomic E-state index is 13.3. The van der Waals surface area contributed by atoms with E-state index >= 15 is 0 Å². The monoisotopic (exact) mass is 298 g/mol. The predicted octanol–water partition coefficient (Wildman–Crippen LogP) is 3.42. The molecule has 0 spiro atoms. The van der Waals surface area contributed by atoms with E-state index in [1.807, 2.05) is 19.1 Å². The Morgan fingerprint density at radius 2 is 2.09 bits per heavy atom. The van der Waals surface area contributed by atoms with Crippen LogP contribution in [-0.2, 0) is 13.0 Å². The Morgan fingerprint density at radius 1 is 1.27 bits per heavy atom. The molecular weight excluding hydrogens is 283 g/mol. The minimum Gasteiger partial charge on any atom is -0.477 e. The van der Waals surface area contributed by atoms with Crippen LogP contribution in [0, 0.1) is 12.7 Å². The Morgan fingerprint density at radius 3 is 2.82 bits per heavy atom. The van der Waals surface area contributed by atoms with Gasteiger partial charge in [-0.25, -0.2) is 9.18 Å². The first kappa shape index (κ1) is 14.3. The number of halogens is 1. The van der Waals surface area contributed by atoms with Gasteiger partial charge in [0.1, 0.15) is 11.5 Å². The molecule has 2 heterocycles. The van der Waals surface area contributed by atoms with Crippen molar-refractivity contribution < 1.29 is 14.3 Å². The highest BCUT2D eigenvalue weighted by Gasteiger charge is 2.15. The Labute approximate surface area is 126 Å². The number of rotatable bonds is 4. The molecule has 22 heavy (non-hydrogen) atoms. The number of fused-ring (bicyclic) bond motifs is 1. The van der Waals surface area contributed by atoms with Gasteiger partial charge in [0.25, 0.3) is 0 Å². The summed E-state index contributed by atoms with van der Waals surface area (Å²) in [5.41, 5.74) is 2.92. The highest BCUT2D eigenvalue weighted by atomic mass is 19.1. The Balaban J connectivity index is 1.98. The number of carbonyl (C=O) groups is 1. The molecule has 0 saturated heterocycles. The third kappa shape index (κ3) is 2.70. The Kier molecular flexibility index (Phi) is 3.63. The van der Waals surface area contributed by atoms with Crippen molar-refractivity contribution in [1.82, 2.24) is 9.55 Å². The molecule has 0 unspecified atom stereocenters. The fraction of sp³-hybridized carbons (Fsp3) is 0.176. The van der Waals surface area contributed by atoms with Gasteiger partial charge in [0, 0.05) is 29.3 Å². The maximum Gasteiger partial charge on any atom is 0.352 e. The lowest BCUT2D eigenvalue weighted by Crippen LogP contribution is -2.10. The van der Waals surface area contributed by atoms with E-state index < -0.39 is 5.97 Å². The maximum absolute atomic E-state index is 13.3. The van der Waals surface area contributed by atoms with E-state index in [4.69, 9.17) is 0 Å². The first-order chi connectivity index (χ1) is 10.5. The van der Waals surface area contributed by atoms with Crippen LogP contribution >= 0.6 is 0 Å². The summed E-state index contributed by atoms with van der Waals surface area (Å²) in [6.45, 7) is 2.43. The molecule has 0 fully saturated rings. The van der Waals surface area contributed by atoms with E-state index in [0.717, 1.165) is 16.8 Å². The standard InChI is InChI=1S/C17H15FN2O2/c1-11-8-12(4-6-19-11)5-7-20-15-3-2-14(18)9-13(15)10-16(20)17(21)22/h2-4,6,8-10H,5,7H2,1H3,(H,21,22). The smallest absolute Gasteiger partial charge is 0.352 e. The van der Waals surface area contributed by atoms with Gasteiger partial charge in [-0.1, -0.05) is 0 Å². The topological polar surface area (TPSA) is 55.1 Å². The fourth-order valence-electron chi connectivity index (χ4n) is 2.66. The van der Waals surface area contributed by atoms with Crippen LogP contribution in [0.3, 0.4) is 0 Å². The van der Waals surface area contributed by atoms with Gasteiger partial charge in [-0.05, 0) is 55.3 Å². The minimum atomic E-state index is -1.01. The number of pyridine rings is 1. The van der Waals surface area contributed by atoms with Gasteiger partial charge >= 0.3 is 5.97 Å². The minimum absolute atomic E-state index is 0.173. The van der Waals surface area contributed by atoms with E-state index in [1.54, 1.807) is 16.8 Å². The molecule has 5 heteroatoms. The van der Waals surface area contributed by atoms with E-state index in [1.165, 1.54) is 18.2 Å². The fourth-order valence-corrected chi connectivity index (χ4v) is 2.66. The summed E-state index contributed by atoms with van der Waals surface area (Å²) < 4.78 is 15.0. The number of aryl methyl sites for hydroxylation is 3.